The second-order valence-corrected chi connectivity index (χ2v) is 7.78. The van der Waals surface area contributed by atoms with E-state index in [-0.39, 0.29) is 5.97 Å². The Balaban J connectivity index is 1.66. The van der Waals surface area contributed by atoms with E-state index in [1.54, 1.807) is 12.1 Å². The van der Waals surface area contributed by atoms with Crippen molar-refractivity contribution in [3.05, 3.63) is 84.4 Å². The van der Waals surface area contributed by atoms with Gasteiger partial charge < -0.3 is 9.64 Å². The molecule has 0 aliphatic heterocycles. The number of benzene rings is 3. The normalized spacial score (nSPS) is 10.5. The molecule has 0 unspecified atom stereocenters. The number of ether oxygens (including phenoxy) is 1. The minimum Gasteiger partial charge on any atom is -0.423 e. The van der Waals surface area contributed by atoms with Crippen LogP contribution in [0.5, 0.6) is 5.75 Å². The summed E-state index contributed by atoms with van der Waals surface area (Å²) in [5.74, 6) is 0.184. The first-order valence-electron chi connectivity index (χ1n) is 9.06. The van der Waals surface area contributed by atoms with Crippen molar-refractivity contribution in [1.29, 1.82) is 0 Å². The summed E-state index contributed by atoms with van der Waals surface area (Å²) in [7, 11) is 0. The van der Waals surface area contributed by atoms with Crippen molar-refractivity contribution in [3.8, 4) is 16.9 Å². The minimum absolute atomic E-state index is 0.356. The molecule has 0 amide bonds. The van der Waals surface area contributed by atoms with E-state index in [1.807, 2.05) is 66.7 Å². The lowest BCUT2D eigenvalue weighted by Gasteiger charge is -2.23. The molecule has 0 bridgehead atoms. The number of carbonyl (C=O) groups is 1. The molecule has 0 N–H and O–H groups in total. The lowest BCUT2D eigenvalue weighted by atomic mass is 10.0. The van der Waals surface area contributed by atoms with Crippen LogP contribution in [-0.4, -0.2) is 29.7 Å². The summed E-state index contributed by atoms with van der Waals surface area (Å²) in [6.45, 7) is 1.83. The third-order valence-electron chi connectivity index (χ3n) is 4.35. The van der Waals surface area contributed by atoms with Crippen LogP contribution in [0.2, 0.25) is 0 Å². The van der Waals surface area contributed by atoms with E-state index in [1.165, 1.54) is 0 Å². The largest absolute Gasteiger partial charge is 0.423 e. The molecule has 3 rings (SSSR count). The first-order chi connectivity index (χ1) is 13.7. The van der Waals surface area contributed by atoms with Crippen LogP contribution in [0.15, 0.2) is 78.9 Å². The second-order valence-electron chi connectivity index (χ2n) is 6.19. The molecule has 0 aromatic heterocycles. The highest BCUT2D eigenvalue weighted by atomic mass is 79.9. The van der Waals surface area contributed by atoms with Gasteiger partial charge in [-0.1, -0.05) is 74.3 Å². The number of hydrogen-bond acceptors (Lipinski definition) is 3. The molecule has 3 aromatic carbocycles. The van der Waals surface area contributed by atoms with E-state index in [4.69, 9.17) is 4.74 Å². The SMILES string of the molecule is O=C(Oc1ccc(N(CCBr)CCBr)cc1)c1ccc(-c2ccccc2)cc1. The Kier molecular flexibility index (Phi) is 7.69. The van der Waals surface area contributed by atoms with Crippen LogP contribution in [0.1, 0.15) is 10.4 Å². The van der Waals surface area contributed by atoms with Crippen LogP contribution in [-0.2, 0) is 0 Å². The minimum atomic E-state index is -0.356. The highest BCUT2D eigenvalue weighted by Crippen LogP contribution is 2.22. The summed E-state index contributed by atoms with van der Waals surface area (Å²) >= 11 is 6.97. The van der Waals surface area contributed by atoms with E-state index in [9.17, 15) is 4.79 Å². The third-order valence-corrected chi connectivity index (χ3v) is 5.06. The Morgan fingerprint density at radius 3 is 1.89 bits per heavy atom. The van der Waals surface area contributed by atoms with Crippen LogP contribution in [0.25, 0.3) is 11.1 Å². The van der Waals surface area contributed by atoms with Gasteiger partial charge in [0.05, 0.1) is 5.56 Å². The van der Waals surface area contributed by atoms with Crippen molar-refractivity contribution in [2.24, 2.45) is 0 Å². The number of nitrogens with zero attached hydrogens (tertiary/aromatic N) is 1. The Bertz CT molecular complexity index is 875. The molecule has 0 saturated heterocycles. The van der Waals surface area contributed by atoms with E-state index in [0.717, 1.165) is 40.6 Å². The van der Waals surface area contributed by atoms with Gasteiger partial charge in [0.2, 0.25) is 0 Å². The number of halogens is 2. The number of rotatable bonds is 8. The molecule has 0 fully saturated rings. The Morgan fingerprint density at radius 1 is 0.750 bits per heavy atom. The van der Waals surface area contributed by atoms with Crippen LogP contribution >= 0.6 is 31.9 Å². The summed E-state index contributed by atoms with van der Waals surface area (Å²) in [6, 6.07) is 25.2. The van der Waals surface area contributed by atoms with Crippen molar-refractivity contribution in [2.45, 2.75) is 0 Å². The summed E-state index contributed by atoms with van der Waals surface area (Å²) in [5, 5.41) is 1.80. The fourth-order valence-electron chi connectivity index (χ4n) is 2.89. The van der Waals surface area contributed by atoms with Crippen molar-refractivity contribution in [3.63, 3.8) is 0 Å². The van der Waals surface area contributed by atoms with E-state index < -0.39 is 0 Å². The molecule has 0 aliphatic rings. The molecule has 0 aliphatic carbocycles. The van der Waals surface area contributed by atoms with Gasteiger partial charge in [0.1, 0.15) is 5.75 Å². The fraction of sp³-hybridized carbons (Fsp3) is 0.174. The standard InChI is InChI=1S/C23H21Br2NO2/c24-14-16-26(17-15-25)21-10-12-22(13-11-21)28-23(27)20-8-6-19(7-9-20)18-4-2-1-3-5-18/h1-13H,14-17H2. The molecule has 3 aromatic rings. The molecule has 0 radical (unpaired) electrons. The Hall–Kier alpha value is -2.11. The van der Waals surface area contributed by atoms with Crippen molar-refractivity contribution in [1.82, 2.24) is 0 Å². The Labute approximate surface area is 182 Å². The summed E-state index contributed by atoms with van der Waals surface area (Å²) in [4.78, 5) is 14.7. The van der Waals surface area contributed by atoms with E-state index in [0.29, 0.717) is 11.3 Å². The summed E-state index contributed by atoms with van der Waals surface area (Å²) < 4.78 is 5.52. The number of carbonyl (C=O) groups excluding carboxylic acids is 1. The van der Waals surface area contributed by atoms with Crippen LogP contribution < -0.4 is 9.64 Å². The van der Waals surface area contributed by atoms with Crippen molar-refractivity contribution < 1.29 is 9.53 Å². The molecule has 0 heterocycles. The second kappa shape index (κ2) is 10.4. The van der Waals surface area contributed by atoms with Gasteiger partial charge in [-0.2, -0.15) is 0 Å². The van der Waals surface area contributed by atoms with Crippen LogP contribution in [0.3, 0.4) is 0 Å². The summed E-state index contributed by atoms with van der Waals surface area (Å²) in [6.07, 6.45) is 0. The van der Waals surface area contributed by atoms with Crippen LogP contribution in [0.4, 0.5) is 5.69 Å². The quantitative estimate of drug-likeness (QED) is 0.209. The molecule has 0 spiro atoms. The zero-order valence-electron chi connectivity index (χ0n) is 15.4. The monoisotopic (exact) mass is 501 g/mol. The first-order valence-corrected chi connectivity index (χ1v) is 11.3. The molecule has 5 heteroatoms. The molecule has 0 saturated carbocycles. The maximum absolute atomic E-state index is 12.4. The van der Waals surface area contributed by atoms with Gasteiger partial charge in [0.15, 0.2) is 0 Å². The van der Waals surface area contributed by atoms with Crippen LogP contribution in [0, 0.1) is 0 Å². The maximum Gasteiger partial charge on any atom is 0.343 e. The van der Waals surface area contributed by atoms with Gasteiger partial charge in [-0.05, 0) is 47.5 Å². The highest BCUT2D eigenvalue weighted by molar-refractivity contribution is 9.09. The highest BCUT2D eigenvalue weighted by Gasteiger charge is 2.10. The van der Waals surface area contributed by atoms with E-state index in [2.05, 4.69) is 36.8 Å². The van der Waals surface area contributed by atoms with Gasteiger partial charge in [0, 0.05) is 29.4 Å². The zero-order chi connectivity index (χ0) is 19.8. The van der Waals surface area contributed by atoms with Crippen molar-refractivity contribution >= 4 is 43.5 Å². The van der Waals surface area contributed by atoms with Gasteiger partial charge in [-0.3, -0.25) is 0 Å². The lowest BCUT2D eigenvalue weighted by Crippen LogP contribution is -2.27. The molecule has 28 heavy (non-hydrogen) atoms. The first kappa shape index (κ1) is 20.6. The lowest BCUT2D eigenvalue weighted by molar-refractivity contribution is 0.0735. The third kappa shape index (κ3) is 5.46. The number of hydrogen-bond donors (Lipinski definition) is 0. The fourth-order valence-corrected chi connectivity index (χ4v) is 3.75. The van der Waals surface area contributed by atoms with E-state index >= 15 is 0 Å². The average molecular weight is 503 g/mol. The average Bonchev–Trinajstić information content (AvgIpc) is 2.75. The summed E-state index contributed by atoms with van der Waals surface area (Å²) in [5.41, 5.74) is 3.82. The van der Waals surface area contributed by atoms with Gasteiger partial charge in [0.25, 0.3) is 0 Å². The van der Waals surface area contributed by atoms with Gasteiger partial charge >= 0.3 is 5.97 Å². The van der Waals surface area contributed by atoms with Crippen molar-refractivity contribution in [2.75, 3.05) is 28.6 Å². The predicted molar refractivity (Wildman–Crippen MR) is 123 cm³/mol. The number of alkyl halides is 2. The molecule has 144 valence electrons. The predicted octanol–water partition coefficient (Wildman–Crippen LogP) is 6.17. The molecule has 0 atom stereocenters. The molecular formula is C23H21Br2NO2. The number of esters is 1. The molecule has 3 nitrogen and oxygen atoms in total. The number of anilines is 1. The molecular weight excluding hydrogens is 482 g/mol. The topological polar surface area (TPSA) is 29.5 Å². The van der Waals surface area contributed by atoms with Gasteiger partial charge in [-0.15, -0.1) is 0 Å². The maximum atomic E-state index is 12.4. The zero-order valence-corrected chi connectivity index (χ0v) is 18.5. The smallest absolute Gasteiger partial charge is 0.343 e. The Morgan fingerprint density at radius 2 is 1.32 bits per heavy atom. The van der Waals surface area contributed by atoms with Gasteiger partial charge in [-0.25, -0.2) is 4.79 Å².